The number of hydrogen-bond acceptors (Lipinski definition) is 0. The highest BCUT2D eigenvalue weighted by Crippen LogP contribution is 2.19. The lowest BCUT2D eigenvalue weighted by Crippen LogP contribution is -3.00. The number of unbranched alkanes of at least 4 members (excludes halogenated alkanes) is 3. The minimum absolute atomic E-state index is 0. The van der Waals surface area contributed by atoms with Crippen LogP contribution in [0.3, 0.4) is 0 Å². The number of nitrogens with zero attached hydrogens (tertiary/aromatic N) is 1. The van der Waals surface area contributed by atoms with E-state index < -0.39 is 0 Å². The molecule has 0 aromatic heterocycles. The third-order valence-electron chi connectivity index (χ3n) is 4.32. The highest BCUT2D eigenvalue weighted by atomic mass is 127. The maximum absolute atomic E-state index is 2.32. The second-order valence-electron chi connectivity index (χ2n) is 6.22. The molecule has 1 aromatic rings. The van der Waals surface area contributed by atoms with Gasteiger partial charge in [-0.05, 0) is 19.3 Å². The summed E-state index contributed by atoms with van der Waals surface area (Å²) in [4.78, 5) is 0. The molecule has 0 N–H and O–H groups in total. The van der Waals surface area contributed by atoms with Crippen molar-refractivity contribution in [1.82, 2.24) is 0 Å². The first kappa shape index (κ1) is 20.9. The molecule has 0 saturated heterocycles. The van der Waals surface area contributed by atoms with Crippen LogP contribution in [0.15, 0.2) is 30.3 Å². The van der Waals surface area contributed by atoms with Crippen molar-refractivity contribution in [2.75, 3.05) is 19.6 Å². The van der Waals surface area contributed by atoms with Gasteiger partial charge in [0.05, 0.1) is 19.6 Å². The smallest absolute Gasteiger partial charge is 0.104 e. The predicted octanol–water partition coefficient (Wildman–Crippen LogP) is 2.41. The molecule has 0 bridgehead atoms. The monoisotopic (exact) mass is 403 g/mol. The van der Waals surface area contributed by atoms with Crippen LogP contribution in [0.4, 0.5) is 0 Å². The van der Waals surface area contributed by atoms with Gasteiger partial charge in [-0.2, -0.15) is 0 Å². The maximum Gasteiger partial charge on any atom is 0.104 e. The summed E-state index contributed by atoms with van der Waals surface area (Å²) < 4.78 is 1.31. The van der Waals surface area contributed by atoms with Crippen molar-refractivity contribution in [1.29, 1.82) is 0 Å². The van der Waals surface area contributed by atoms with E-state index in [1.807, 2.05) is 0 Å². The Morgan fingerprint density at radius 2 is 1.14 bits per heavy atom. The van der Waals surface area contributed by atoms with E-state index in [0.717, 1.165) is 0 Å². The maximum atomic E-state index is 2.32. The molecule has 0 aliphatic heterocycles. The van der Waals surface area contributed by atoms with Crippen LogP contribution in [0.25, 0.3) is 0 Å². The van der Waals surface area contributed by atoms with Crippen molar-refractivity contribution in [2.24, 2.45) is 0 Å². The molecule has 0 amide bonds. The highest BCUT2D eigenvalue weighted by molar-refractivity contribution is 5.13. The fourth-order valence-corrected chi connectivity index (χ4v) is 3.02. The molecule has 2 heteroatoms. The minimum atomic E-state index is 0. The van der Waals surface area contributed by atoms with Gasteiger partial charge in [0, 0.05) is 5.56 Å². The van der Waals surface area contributed by atoms with Gasteiger partial charge in [0.1, 0.15) is 6.54 Å². The Morgan fingerprint density at radius 1 is 0.714 bits per heavy atom. The Hall–Kier alpha value is -0.0900. The SMILES string of the molecule is CCCC[N+](CCCC)(CCCC)Cc1ccccc1.[I-]. The molecule has 0 atom stereocenters. The van der Waals surface area contributed by atoms with E-state index >= 15 is 0 Å². The average Bonchev–Trinajstić information content (AvgIpc) is 2.49. The van der Waals surface area contributed by atoms with E-state index in [-0.39, 0.29) is 24.0 Å². The first-order chi connectivity index (χ1) is 9.76. The standard InChI is InChI=1S/C19H34N.HI/c1-4-7-15-20(16-8-5-2,17-9-6-3)18-19-13-11-10-12-14-19;/h10-14H,4-9,15-18H2,1-3H3;1H/q+1;/p-1. The third-order valence-corrected chi connectivity index (χ3v) is 4.32. The number of quaternary nitrogens is 1. The van der Waals surface area contributed by atoms with Crippen molar-refractivity contribution >= 4 is 0 Å². The molecule has 0 fully saturated rings. The van der Waals surface area contributed by atoms with Crippen LogP contribution in [0.1, 0.15) is 64.9 Å². The minimum Gasteiger partial charge on any atom is -1.00 e. The van der Waals surface area contributed by atoms with Crippen LogP contribution < -0.4 is 24.0 Å². The van der Waals surface area contributed by atoms with Gasteiger partial charge >= 0.3 is 0 Å². The Kier molecular flexibility index (Phi) is 12.4. The first-order valence-corrected chi connectivity index (χ1v) is 8.65. The summed E-state index contributed by atoms with van der Waals surface area (Å²) in [6.45, 7) is 12.2. The van der Waals surface area contributed by atoms with E-state index in [0.29, 0.717) is 0 Å². The molecule has 0 saturated carbocycles. The van der Waals surface area contributed by atoms with E-state index in [4.69, 9.17) is 0 Å². The molecular weight excluding hydrogens is 369 g/mol. The quantitative estimate of drug-likeness (QED) is 0.393. The zero-order chi connectivity index (χ0) is 14.7. The van der Waals surface area contributed by atoms with E-state index in [9.17, 15) is 0 Å². The van der Waals surface area contributed by atoms with Gasteiger partial charge in [0.25, 0.3) is 0 Å². The van der Waals surface area contributed by atoms with Gasteiger partial charge < -0.3 is 28.5 Å². The molecule has 0 heterocycles. The van der Waals surface area contributed by atoms with E-state index in [2.05, 4.69) is 51.1 Å². The fourth-order valence-electron chi connectivity index (χ4n) is 3.02. The van der Waals surface area contributed by atoms with Crippen molar-refractivity contribution in [2.45, 2.75) is 65.8 Å². The summed E-state index contributed by atoms with van der Waals surface area (Å²) in [7, 11) is 0. The number of rotatable bonds is 11. The molecule has 0 spiro atoms. The van der Waals surface area contributed by atoms with Crippen LogP contribution >= 0.6 is 0 Å². The summed E-state index contributed by atoms with van der Waals surface area (Å²) in [6.07, 6.45) is 8.02. The van der Waals surface area contributed by atoms with Crippen molar-refractivity contribution < 1.29 is 28.5 Å². The second kappa shape index (κ2) is 12.5. The molecule has 122 valence electrons. The topological polar surface area (TPSA) is 0 Å². The Morgan fingerprint density at radius 3 is 1.52 bits per heavy atom. The number of halogens is 1. The van der Waals surface area contributed by atoms with Crippen LogP contribution in [0.2, 0.25) is 0 Å². The van der Waals surface area contributed by atoms with Gasteiger partial charge in [-0.15, -0.1) is 0 Å². The molecule has 1 aromatic carbocycles. The van der Waals surface area contributed by atoms with Crippen LogP contribution in [-0.4, -0.2) is 24.1 Å². The molecular formula is C19H34IN. The van der Waals surface area contributed by atoms with Crippen LogP contribution in [-0.2, 0) is 6.54 Å². The second-order valence-corrected chi connectivity index (χ2v) is 6.22. The number of hydrogen-bond donors (Lipinski definition) is 0. The molecule has 21 heavy (non-hydrogen) atoms. The first-order valence-electron chi connectivity index (χ1n) is 8.65. The third kappa shape index (κ3) is 8.20. The fraction of sp³-hybridized carbons (Fsp3) is 0.684. The normalized spacial score (nSPS) is 11.2. The highest BCUT2D eigenvalue weighted by Gasteiger charge is 2.25. The lowest BCUT2D eigenvalue weighted by molar-refractivity contribution is -0.941. The van der Waals surface area contributed by atoms with Gasteiger partial charge in [0.15, 0.2) is 0 Å². The zero-order valence-electron chi connectivity index (χ0n) is 14.3. The van der Waals surface area contributed by atoms with Gasteiger partial charge in [-0.3, -0.25) is 0 Å². The molecule has 0 unspecified atom stereocenters. The Bertz CT molecular complexity index is 315. The number of benzene rings is 1. The molecule has 0 radical (unpaired) electrons. The van der Waals surface area contributed by atoms with Gasteiger partial charge in [-0.25, -0.2) is 0 Å². The van der Waals surface area contributed by atoms with Crippen LogP contribution in [0, 0.1) is 0 Å². The molecule has 0 aliphatic carbocycles. The molecule has 1 rings (SSSR count). The van der Waals surface area contributed by atoms with Gasteiger partial charge in [0.2, 0.25) is 0 Å². The van der Waals surface area contributed by atoms with Crippen molar-refractivity contribution in [3.8, 4) is 0 Å². The van der Waals surface area contributed by atoms with Crippen LogP contribution in [0.5, 0.6) is 0 Å². The summed E-state index contributed by atoms with van der Waals surface area (Å²) >= 11 is 0. The predicted molar refractivity (Wildman–Crippen MR) is 89.7 cm³/mol. The lowest BCUT2D eigenvalue weighted by Gasteiger charge is -2.39. The van der Waals surface area contributed by atoms with E-state index in [1.54, 1.807) is 0 Å². The van der Waals surface area contributed by atoms with Gasteiger partial charge in [-0.1, -0.05) is 70.4 Å². The largest absolute Gasteiger partial charge is 1.00 e. The summed E-state index contributed by atoms with van der Waals surface area (Å²) in [6, 6.07) is 11.1. The van der Waals surface area contributed by atoms with Crippen molar-refractivity contribution in [3.05, 3.63) is 35.9 Å². The zero-order valence-corrected chi connectivity index (χ0v) is 16.4. The average molecular weight is 403 g/mol. The Balaban J connectivity index is 0.00000400. The van der Waals surface area contributed by atoms with Crippen molar-refractivity contribution in [3.63, 3.8) is 0 Å². The van der Waals surface area contributed by atoms with E-state index in [1.165, 1.54) is 74.8 Å². The molecule has 0 aliphatic rings. The summed E-state index contributed by atoms with van der Waals surface area (Å²) in [5.41, 5.74) is 1.51. The summed E-state index contributed by atoms with van der Waals surface area (Å²) in [5.74, 6) is 0. The summed E-state index contributed by atoms with van der Waals surface area (Å²) in [5, 5.41) is 0. The molecule has 1 nitrogen and oxygen atoms in total. The Labute approximate surface area is 149 Å². The lowest BCUT2D eigenvalue weighted by atomic mass is 10.1.